The Balaban J connectivity index is 1.54. The standard InChI is InChI=1S/C33H51N5O6/c1-6-7-15-35(16-8-9-19-38(3,4)5)30(40)23-37-22-26(24-10-11-28-25(21-24)14-20-44-28)31(32(41)42)27(37)12-17-36-18-13-29(39)34(2)33(36)43/h10-11,21,26-27,31H,6-9,12-20,22-23H2,1-5H3/p+1/t26-,27+,31?/m1/s1. The molecule has 44 heavy (non-hydrogen) atoms. The highest BCUT2D eigenvalue weighted by atomic mass is 16.5. The van der Waals surface area contributed by atoms with Crippen molar-refractivity contribution in [3.63, 3.8) is 0 Å². The van der Waals surface area contributed by atoms with Gasteiger partial charge < -0.3 is 24.1 Å². The zero-order valence-electron chi connectivity index (χ0n) is 27.3. The number of likely N-dealkylation sites (tertiary alicyclic amines) is 1. The van der Waals surface area contributed by atoms with Crippen LogP contribution < -0.4 is 4.74 Å². The molecule has 0 bridgehead atoms. The lowest BCUT2D eigenvalue weighted by molar-refractivity contribution is -0.870. The summed E-state index contributed by atoms with van der Waals surface area (Å²) in [5.41, 5.74) is 2.04. The number of quaternary nitrogens is 1. The summed E-state index contributed by atoms with van der Waals surface area (Å²) in [6.07, 6.45) is 5.31. The molecule has 4 amide bonds. The number of hydrogen-bond acceptors (Lipinski definition) is 6. The minimum Gasteiger partial charge on any atom is -0.493 e. The van der Waals surface area contributed by atoms with Crippen molar-refractivity contribution in [2.24, 2.45) is 5.92 Å². The number of imide groups is 1. The molecule has 11 nitrogen and oxygen atoms in total. The summed E-state index contributed by atoms with van der Waals surface area (Å²) >= 11 is 0. The van der Waals surface area contributed by atoms with Crippen molar-refractivity contribution in [2.75, 3.05) is 80.6 Å². The number of carbonyl (C=O) groups excluding carboxylic acids is 3. The molecular formula is C33H52N5O6+. The highest BCUT2D eigenvalue weighted by Gasteiger charge is 2.47. The summed E-state index contributed by atoms with van der Waals surface area (Å²) in [5, 5.41) is 10.6. The largest absolute Gasteiger partial charge is 0.493 e. The average Bonchev–Trinajstić information content (AvgIpc) is 3.58. The number of rotatable bonds is 15. The first-order valence-corrected chi connectivity index (χ1v) is 16.3. The predicted molar refractivity (Wildman–Crippen MR) is 167 cm³/mol. The summed E-state index contributed by atoms with van der Waals surface area (Å²) in [6, 6.07) is 5.17. The SMILES string of the molecule is CCCCN(CCCC[N+](C)(C)C)C(=O)CN1C[C@H](c2ccc3c(c2)CCO3)C(C(=O)O)[C@@H]1CCN1CCC(=O)N(C)C1=O. The molecule has 0 saturated carbocycles. The number of urea groups is 1. The van der Waals surface area contributed by atoms with Crippen molar-refractivity contribution in [3.8, 4) is 5.75 Å². The molecule has 2 fully saturated rings. The molecular weight excluding hydrogens is 562 g/mol. The smallest absolute Gasteiger partial charge is 0.326 e. The molecule has 2 saturated heterocycles. The third-order valence-corrected chi connectivity index (χ3v) is 9.38. The Morgan fingerprint density at radius 3 is 2.55 bits per heavy atom. The first-order chi connectivity index (χ1) is 20.9. The molecule has 1 N–H and O–H groups in total. The van der Waals surface area contributed by atoms with Gasteiger partial charge in [0.15, 0.2) is 0 Å². The Labute approximate surface area is 262 Å². The van der Waals surface area contributed by atoms with Crippen LogP contribution in [-0.2, 0) is 20.8 Å². The minimum atomic E-state index is -0.896. The van der Waals surface area contributed by atoms with Crippen molar-refractivity contribution in [1.82, 2.24) is 19.6 Å². The second-order valence-corrected chi connectivity index (χ2v) is 13.6. The van der Waals surface area contributed by atoms with E-state index in [-0.39, 0.29) is 36.7 Å². The van der Waals surface area contributed by atoms with E-state index in [0.717, 1.165) is 64.9 Å². The van der Waals surface area contributed by atoms with Crippen LogP contribution in [0.3, 0.4) is 0 Å². The maximum absolute atomic E-state index is 13.9. The van der Waals surface area contributed by atoms with Crippen LogP contribution in [0.15, 0.2) is 18.2 Å². The lowest BCUT2D eigenvalue weighted by atomic mass is 9.83. The van der Waals surface area contributed by atoms with Crippen LogP contribution in [0.25, 0.3) is 0 Å². The number of nitrogens with zero attached hydrogens (tertiary/aromatic N) is 5. The molecule has 1 aromatic carbocycles. The molecule has 3 aliphatic heterocycles. The first-order valence-electron chi connectivity index (χ1n) is 16.3. The Morgan fingerprint density at radius 1 is 1.09 bits per heavy atom. The summed E-state index contributed by atoms with van der Waals surface area (Å²) in [7, 11) is 7.99. The molecule has 3 atom stereocenters. The minimum absolute atomic E-state index is 0.0280. The summed E-state index contributed by atoms with van der Waals surface area (Å²) < 4.78 is 6.57. The van der Waals surface area contributed by atoms with E-state index < -0.39 is 17.9 Å². The van der Waals surface area contributed by atoms with Gasteiger partial charge in [-0.25, -0.2) is 4.79 Å². The van der Waals surface area contributed by atoms with Crippen molar-refractivity contribution in [1.29, 1.82) is 0 Å². The summed E-state index contributed by atoms with van der Waals surface area (Å²) in [5.74, 6) is -1.27. The summed E-state index contributed by atoms with van der Waals surface area (Å²) in [4.78, 5) is 58.4. The van der Waals surface area contributed by atoms with Crippen LogP contribution in [0.1, 0.15) is 62.5 Å². The number of carboxylic acid groups (broad SMARTS) is 1. The Kier molecular flexibility index (Phi) is 11.3. The van der Waals surface area contributed by atoms with E-state index in [1.807, 2.05) is 21.9 Å². The molecule has 1 unspecified atom stereocenters. The summed E-state index contributed by atoms with van der Waals surface area (Å²) in [6.45, 7) is 6.39. The van der Waals surface area contributed by atoms with Gasteiger partial charge in [0, 0.05) is 64.6 Å². The molecule has 0 aromatic heterocycles. The van der Waals surface area contributed by atoms with E-state index in [1.54, 1.807) is 4.90 Å². The van der Waals surface area contributed by atoms with E-state index >= 15 is 0 Å². The van der Waals surface area contributed by atoms with E-state index in [4.69, 9.17) is 4.74 Å². The number of unbranched alkanes of at least 4 members (excludes halogenated alkanes) is 2. The fraction of sp³-hybridized carbons (Fsp3) is 0.697. The number of aliphatic carboxylic acids is 1. The van der Waals surface area contributed by atoms with Gasteiger partial charge in [-0.05, 0) is 42.9 Å². The topological polar surface area (TPSA) is 111 Å². The van der Waals surface area contributed by atoms with E-state index in [1.165, 1.54) is 7.05 Å². The van der Waals surface area contributed by atoms with Crippen molar-refractivity contribution in [2.45, 2.75) is 63.8 Å². The Morgan fingerprint density at radius 2 is 1.84 bits per heavy atom. The monoisotopic (exact) mass is 614 g/mol. The van der Waals surface area contributed by atoms with Gasteiger partial charge in [-0.2, -0.15) is 0 Å². The second kappa shape index (κ2) is 14.7. The van der Waals surface area contributed by atoms with E-state index in [2.05, 4.69) is 34.1 Å². The molecule has 244 valence electrons. The zero-order chi connectivity index (χ0) is 32.0. The molecule has 11 heteroatoms. The van der Waals surface area contributed by atoms with Gasteiger partial charge in [-0.15, -0.1) is 0 Å². The maximum atomic E-state index is 13.9. The normalized spacial score (nSPS) is 22.3. The lowest BCUT2D eigenvalue weighted by Crippen LogP contribution is -2.52. The second-order valence-electron chi connectivity index (χ2n) is 13.6. The number of fused-ring (bicyclic) bond motifs is 1. The van der Waals surface area contributed by atoms with Gasteiger partial charge in [0.2, 0.25) is 11.8 Å². The first kappa shape index (κ1) is 33.7. The van der Waals surface area contributed by atoms with Gasteiger partial charge >= 0.3 is 12.0 Å². The number of ether oxygens (including phenoxy) is 1. The molecule has 3 aliphatic rings. The third-order valence-electron chi connectivity index (χ3n) is 9.38. The fourth-order valence-corrected chi connectivity index (χ4v) is 6.81. The molecule has 0 aliphatic carbocycles. The lowest BCUT2D eigenvalue weighted by Gasteiger charge is -2.34. The van der Waals surface area contributed by atoms with Crippen LogP contribution in [-0.4, -0.2) is 140 Å². The van der Waals surface area contributed by atoms with Crippen LogP contribution in [0.5, 0.6) is 5.75 Å². The molecule has 4 rings (SSSR count). The number of carbonyl (C=O) groups is 4. The van der Waals surface area contributed by atoms with Gasteiger partial charge in [-0.3, -0.25) is 24.2 Å². The van der Waals surface area contributed by atoms with Crippen LogP contribution in [0, 0.1) is 5.92 Å². The van der Waals surface area contributed by atoms with E-state index in [9.17, 15) is 24.3 Å². The van der Waals surface area contributed by atoms with Gasteiger partial charge in [-0.1, -0.05) is 25.5 Å². The molecule has 1 aromatic rings. The van der Waals surface area contributed by atoms with Crippen molar-refractivity contribution in [3.05, 3.63) is 29.3 Å². The quantitative estimate of drug-likeness (QED) is 0.239. The third kappa shape index (κ3) is 8.29. The van der Waals surface area contributed by atoms with Gasteiger partial charge in [0.25, 0.3) is 0 Å². The highest BCUT2D eigenvalue weighted by Crippen LogP contribution is 2.41. The Bertz CT molecular complexity index is 1200. The highest BCUT2D eigenvalue weighted by molar-refractivity contribution is 5.96. The van der Waals surface area contributed by atoms with E-state index in [0.29, 0.717) is 45.8 Å². The molecule has 0 radical (unpaired) electrons. The van der Waals surface area contributed by atoms with Crippen LogP contribution in [0.4, 0.5) is 4.79 Å². The molecule has 3 heterocycles. The predicted octanol–water partition coefficient (Wildman–Crippen LogP) is 2.88. The fourth-order valence-electron chi connectivity index (χ4n) is 6.81. The number of amides is 4. The van der Waals surface area contributed by atoms with Gasteiger partial charge in [0.1, 0.15) is 5.75 Å². The number of carboxylic acids is 1. The zero-order valence-corrected chi connectivity index (χ0v) is 27.3. The molecule has 0 spiro atoms. The maximum Gasteiger partial charge on any atom is 0.326 e. The van der Waals surface area contributed by atoms with Crippen LogP contribution in [0.2, 0.25) is 0 Å². The Hall–Kier alpha value is -3.18. The van der Waals surface area contributed by atoms with Crippen molar-refractivity contribution >= 4 is 23.8 Å². The van der Waals surface area contributed by atoms with Crippen molar-refractivity contribution < 1.29 is 33.5 Å². The van der Waals surface area contributed by atoms with Gasteiger partial charge in [0.05, 0.1) is 46.8 Å². The number of hydrogen-bond donors (Lipinski definition) is 1. The number of benzene rings is 1. The van der Waals surface area contributed by atoms with Crippen LogP contribution >= 0.6 is 0 Å². The average molecular weight is 615 g/mol.